The molecule has 0 aliphatic heterocycles. The minimum absolute atomic E-state index is 0.497. The van der Waals surface area contributed by atoms with Crippen molar-refractivity contribution in [2.45, 2.75) is 6.04 Å². The Balaban J connectivity index is 2.75. The maximum absolute atomic E-state index is 11.9. The Morgan fingerprint density at radius 1 is 1.50 bits per heavy atom. The molecule has 1 aromatic heterocycles. The average molecular weight is 140 g/mol. The van der Waals surface area contributed by atoms with E-state index < -0.39 is 12.7 Å². The molecule has 0 spiro atoms. The van der Waals surface area contributed by atoms with E-state index in [1.54, 1.807) is 24.5 Å². The zero-order valence-electron chi connectivity index (χ0n) is 5.50. The summed E-state index contributed by atoms with van der Waals surface area (Å²) in [6.45, 7) is -0.524. The van der Waals surface area contributed by atoms with Gasteiger partial charge < -0.3 is 5.73 Å². The first kappa shape index (κ1) is 7.15. The van der Waals surface area contributed by atoms with Gasteiger partial charge in [0.2, 0.25) is 0 Å². The summed E-state index contributed by atoms with van der Waals surface area (Å²) in [5, 5.41) is 0. The van der Waals surface area contributed by atoms with Crippen LogP contribution in [0.4, 0.5) is 4.39 Å². The standard InChI is InChI=1S/C7H9FN2/c8-5-7(9)6-1-3-10-4-2-6/h1-4,7H,5,9H2/t7-/m1/s1. The number of nitrogens with zero attached hydrogens (tertiary/aromatic N) is 1. The molecule has 0 aliphatic carbocycles. The summed E-state index contributed by atoms with van der Waals surface area (Å²) in [6, 6.07) is 2.93. The minimum atomic E-state index is -0.524. The molecule has 0 fully saturated rings. The van der Waals surface area contributed by atoms with E-state index >= 15 is 0 Å². The topological polar surface area (TPSA) is 38.9 Å². The lowest BCUT2D eigenvalue weighted by atomic mass is 10.1. The van der Waals surface area contributed by atoms with Crippen molar-refractivity contribution in [2.75, 3.05) is 6.67 Å². The predicted molar refractivity (Wildman–Crippen MR) is 37.1 cm³/mol. The normalized spacial score (nSPS) is 13.0. The largest absolute Gasteiger partial charge is 0.322 e. The van der Waals surface area contributed by atoms with Crippen LogP contribution in [0.15, 0.2) is 24.5 Å². The first-order valence-corrected chi connectivity index (χ1v) is 3.06. The van der Waals surface area contributed by atoms with Gasteiger partial charge in [-0.25, -0.2) is 4.39 Å². The maximum Gasteiger partial charge on any atom is 0.109 e. The Morgan fingerprint density at radius 3 is 2.60 bits per heavy atom. The van der Waals surface area contributed by atoms with Gasteiger partial charge in [-0.05, 0) is 17.7 Å². The molecule has 0 unspecified atom stereocenters. The molecule has 0 amide bonds. The van der Waals surface area contributed by atoms with E-state index in [1.165, 1.54) is 0 Å². The first-order valence-electron chi connectivity index (χ1n) is 3.06. The fraction of sp³-hybridized carbons (Fsp3) is 0.286. The molecule has 54 valence electrons. The monoisotopic (exact) mass is 140 g/mol. The van der Waals surface area contributed by atoms with Crippen LogP contribution in [0.1, 0.15) is 11.6 Å². The first-order chi connectivity index (χ1) is 4.84. The van der Waals surface area contributed by atoms with E-state index in [4.69, 9.17) is 5.73 Å². The van der Waals surface area contributed by atoms with Crippen molar-refractivity contribution in [3.8, 4) is 0 Å². The Kier molecular flexibility index (Phi) is 2.34. The molecule has 1 atom stereocenters. The van der Waals surface area contributed by atoms with Crippen LogP contribution in [0, 0.1) is 0 Å². The summed E-state index contributed by atoms with van der Waals surface area (Å²) in [7, 11) is 0. The van der Waals surface area contributed by atoms with E-state index in [1.807, 2.05) is 0 Å². The molecule has 0 bridgehead atoms. The van der Waals surface area contributed by atoms with E-state index in [0.717, 1.165) is 5.56 Å². The number of pyridine rings is 1. The van der Waals surface area contributed by atoms with Crippen molar-refractivity contribution in [3.63, 3.8) is 0 Å². The molecule has 1 heterocycles. The molecule has 0 saturated carbocycles. The lowest BCUT2D eigenvalue weighted by Gasteiger charge is -2.04. The second-order valence-electron chi connectivity index (χ2n) is 2.04. The van der Waals surface area contributed by atoms with Gasteiger partial charge >= 0.3 is 0 Å². The second kappa shape index (κ2) is 3.27. The molecular weight excluding hydrogens is 131 g/mol. The van der Waals surface area contributed by atoms with Crippen molar-refractivity contribution in [2.24, 2.45) is 5.73 Å². The van der Waals surface area contributed by atoms with Crippen molar-refractivity contribution in [3.05, 3.63) is 30.1 Å². The fourth-order valence-corrected chi connectivity index (χ4v) is 0.700. The Labute approximate surface area is 58.9 Å². The van der Waals surface area contributed by atoms with E-state index in [2.05, 4.69) is 4.98 Å². The molecule has 0 aromatic carbocycles. The number of aromatic nitrogens is 1. The molecule has 1 aromatic rings. The van der Waals surface area contributed by atoms with E-state index in [9.17, 15) is 4.39 Å². The summed E-state index contributed by atoms with van der Waals surface area (Å²) >= 11 is 0. The highest BCUT2D eigenvalue weighted by Gasteiger charge is 2.02. The maximum atomic E-state index is 11.9. The van der Waals surface area contributed by atoms with Gasteiger partial charge in [0.25, 0.3) is 0 Å². The highest BCUT2D eigenvalue weighted by molar-refractivity contribution is 5.13. The molecule has 3 heteroatoms. The highest BCUT2D eigenvalue weighted by atomic mass is 19.1. The molecule has 2 nitrogen and oxygen atoms in total. The van der Waals surface area contributed by atoms with Crippen LogP contribution in [0.2, 0.25) is 0 Å². The van der Waals surface area contributed by atoms with Gasteiger partial charge in [-0.15, -0.1) is 0 Å². The zero-order chi connectivity index (χ0) is 7.40. The van der Waals surface area contributed by atoms with Crippen LogP contribution in [0.3, 0.4) is 0 Å². The van der Waals surface area contributed by atoms with Crippen LogP contribution < -0.4 is 5.73 Å². The third-order valence-electron chi connectivity index (χ3n) is 1.30. The zero-order valence-corrected chi connectivity index (χ0v) is 5.50. The third-order valence-corrected chi connectivity index (χ3v) is 1.30. The summed E-state index contributed by atoms with van der Waals surface area (Å²) in [5.41, 5.74) is 6.18. The summed E-state index contributed by atoms with van der Waals surface area (Å²) in [5.74, 6) is 0. The smallest absolute Gasteiger partial charge is 0.109 e. The SMILES string of the molecule is N[C@H](CF)c1ccncc1. The van der Waals surface area contributed by atoms with E-state index in [-0.39, 0.29) is 0 Å². The van der Waals surface area contributed by atoms with Crippen LogP contribution >= 0.6 is 0 Å². The van der Waals surface area contributed by atoms with Gasteiger partial charge in [-0.1, -0.05) is 0 Å². The van der Waals surface area contributed by atoms with Gasteiger partial charge in [-0.2, -0.15) is 0 Å². The third kappa shape index (κ3) is 1.51. The molecular formula is C7H9FN2. The number of rotatable bonds is 2. The number of hydrogen-bond acceptors (Lipinski definition) is 2. The average Bonchev–Trinajstić information content (AvgIpc) is 2.05. The second-order valence-corrected chi connectivity index (χ2v) is 2.04. The van der Waals surface area contributed by atoms with Crippen molar-refractivity contribution >= 4 is 0 Å². The van der Waals surface area contributed by atoms with Crippen LogP contribution in [-0.2, 0) is 0 Å². The van der Waals surface area contributed by atoms with Gasteiger partial charge in [0, 0.05) is 12.4 Å². The quantitative estimate of drug-likeness (QED) is 0.666. The Morgan fingerprint density at radius 2 is 2.10 bits per heavy atom. The number of nitrogens with two attached hydrogens (primary N) is 1. The van der Waals surface area contributed by atoms with Gasteiger partial charge in [0.05, 0.1) is 6.04 Å². The van der Waals surface area contributed by atoms with Crippen molar-refractivity contribution in [1.82, 2.24) is 4.98 Å². The number of alkyl halides is 1. The molecule has 1 rings (SSSR count). The van der Waals surface area contributed by atoms with Crippen LogP contribution in [0.5, 0.6) is 0 Å². The summed E-state index contributed by atoms with van der Waals surface area (Å²) < 4.78 is 11.9. The number of hydrogen-bond donors (Lipinski definition) is 1. The lowest BCUT2D eigenvalue weighted by Crippen LogP contribution is -2.11. The van der Waals surface area contributed by atoms with Crippen LogP contribution in [-0.4, -0.2) is 11.7 Å². The van der Waals surface area contributed by atoms with Crippen molar-refractivity contribution < 1.29 is 4.39 Å². The molecule has 0 radical (unpaired) electrons. The molecule has 10 heavy (non-hydrogen) atoms. The minimum Gasteiger partial charge on any atom is -0.322 e. The molecule has 2 N–H and O–H groups in total. The summed E-state index contributed by atoms with van der Waals surface area (Å²) in [4.78, 5) is 3.78. The molecule has 0 aliphatic rings. The van der Waals surface area contributed by atoms with E-state index in [0.29, 0.717) is 0 Å². The Hall–Kier alpha value is -0.960. The molecule has 0 saturated heterocycles. The summed E-state index contributed by atoms with van der Waals surface area (Å²) in [6.07, 6.45) is 3.20. The van der Waals surface area contributed by atoms with Gasteiger partial charge in [-0.3, -0.25) is 4.98 Å². The number of halogens is 1. The van der Waals surface area contributed by atoms with Gasteiger partial charge in [0.1, 0.15) is 6.67 Å². The van der Waals surface area contributed by atoms with Crippen LogP contribution in [0.25, 0.3) is 0 Å². The van der Waals surface area contributed by atoms with Gasteiger partial charge in [0.15, 0.2) is 0 Å². The highest BCUT2D eigenvalue weighted by Crippen LogP contribution is 2.07. The predicted octanol–water partition coefficient (Wildman–Crippen LogP) is 1.05. The van der Waals surface area contributed by atoms with Crippen molar-refractivity contribution in [1.29, 1.82) is 0 Å². The fourth-order valence-electron chi connectivity index (χ4n) is 0.700. The Bertz CT molecular complexity index is 188. The lowest BCUT2D eigenvalue weighted by molar-refractivity contribution is 0.437.